The fourth-order valence-corrected chi connectivity index (χ4v) is 2.78. The molecule has 1 fully saturated rings. The summed E-state index contributed by atoms with van der Waals surface area (Å²) in [5, 5.41) is 9.00. The first-order chi connectivity index (χ1) is 9.30. The summed E-state index contributed by atoms with van der Waals surface area (Å²) in [4.78, 5) is 13.0. The largest absolute Gasteiger partial charge is 0.481 e. The molecule has 0 atom stereocenters. The van der Waals surface area contributed by atoms with Gasteiger partial charge >= 0.3 is 5.97 Å². The molecule has 3 nitrogen and oxygen atoms in total. The summed E-state index contributed by atoms with van der Waals surface area (Å²) >= 11 is 0. The van der Waals surface area contributed by atoms with E-state index in [0.717, 1.165) is 6.07 Å². The highest BCUT2D eigenvalue weighted by Gasteiger charge is 2.34. The number of halogens is 2. The standard InChI is InChI=1S/C15H19F2NO2/c1-15(2,11-7-12(16)9-13(17)8-11)18-5-3-10(4-6-18)14(19)20/h7-10H,3-6H2,1-2H3,(H,19,20). The Morgan fingerprint density at radius 3 is 2.15 bits per heavy atom. The maximum absolute atomic E-state index is 13.4. The Hall–Kier alpha value is -1.49. The predicted molar refractivity (Wildman–Crippen MR) is 71.3 cm³/mol. The first kappa shape index (κ1) is 14.9. The average molecular weight is 283 g/mol. The summed E-state index contributed by atoms with van der Waals surface area (Å²) in [6, 6.07) is 3.54. The summed E-state index contributed by atoms with van der Waals surface area (Å²) in [7, 11) is 0. The van der Waals surface area contributed by atoms with E-state index in [1.165, 1.54) is 12.1 Å². The van der Waals surface area contributed by atoms with Crippen LogP contribution in [0.5, 0.6) is 0 Å². The van der Waals surface area contributed by atoms with E-state index in [9.17, 15) is 13.6 Å². The number of carboxylic acid groups (broad SMARTS) is 1. The fourth-order valence-electron chi connectivity index (χ4n) is 2.78. The van der Waals surface area contributed by atoms with Crippen molar-refractivity contribution in [2.45, 2.75) is 32.2 Å². The van der Waals surface area contributed by atoms with Crippen LogP contribution in [0.2, 0.25) is 0 Å². The lowest BCUT2D eigenvalue weighted by atomic mass is 9.87. The van der Waals surface area contributed by atoms with Crippen molar-refractivity contribution in [2.24, 2.45) is 5.92 Å². The molecule has 0 unspecified atom stereocenters. The van der Waals surface area contributed by atoms with Crippen molar-refractivity contribution in [3.05, 3.63) is 35.4 Å². The lowest BCUT2D eigenvalue weighted by molar-refractivity contribution is -0.143. The number of hydrogen-bond acceptors (Lipinski definition) is 2. The molecular weight excluding hydrogens is 264 g/mol. The molecule has 0 spiro atoms. The molecule has 0 bridgehead atoms. The van der Waals surface area contributed by atoms with Gasteiger partial charge < -0.3 is 5.11 Å². The predicted octanol–water partition coefficient (Wildman–Crippen LogP) is 3.00. The van der Waals surface area contributed by atoms with Crippen molar-refractivity contribution in [2.75, 3.05) is 13.1 Å². The number of rotatable bonds is 3. The van der Waals surface area contributed by atoms with Gasteiger partial charge in [-0.1, -0.05) is 0 Å². The SMILES string of the molecule is CC(C)(c1cc(F)cc(F)c1)N1CCC(C(=O)O)CC1. The van der Waals surface area contributed by atoms with Gasteiger partial charge in [-0.2, -0.15) is 0 Å². The molecule has 0 saturated carbocycles. The molecule has 1 aliphatic heterocycles. The van der Waals surface area contributed by atoms with E-state index in [4.69, 9.17) is 5.11 Å². The maximum Gasteiger partial charge on any atom is 0.306 e. The van der Waals surface area contributed by atoms with E-state index in [1.54, 1.807) is 0 Å². The highest BCUT2D eigenvalue weighted by molar-refractivity contribution is 5.70. The molecule has 1 aromatic carbocycles. The highest BCUT2D eigenvalue weighted by Crippen LogP contribution is 2.32. The molecular formula is C15H19F2NO2. The molecule has 1 N–H and O–H groups in total. The molecule has 20 heavy (non-hydrogen) atoms. The van der Waals surface area contributed by atoms with Gasteiger partial charge in [-0.15, -0.1) is 0 Å². The van der Waals surface area contributed by atoms with Crippen LogP contribution in [0, 0.1) is 17.6 Å². The van der Waals surface area contributed by atoms with Gasteiger partial charge in [0.2, 0.25) is 0 Å². The van der Waals surface area contributed by atoms with E-state index < -0.39 is 23.1 Å². The second kappa shape index (κ2) is 5.48. The minimum Gasteiger partial charge on any atom is -0.481 e. The van der Waals surface area contributed by atoms with Gasteiger partial charge in [-0.25, -0.2) is 8.78 Å². The average Bonchev–Trinajstić information content (AvgIpc) is 2.37. The first-order valence-corrected chi connectivity index (χ1v) is 6.75. The van der Waals surface area contributed by atoms with Crippen LogP contribution in [0.15, 0.2) is 18.2 Å². The number of piperidine rings is 1. The van der Waals surface area contributed by atoms with Crippen molar-refractivity contribution in [1.82, 2.24) is 4.90 Å². The fraction of sp³-hybridized carbons (Fsp3) is 0.533. The quantitative estimate of drug-likeness (QED) is 0.927. The molecule has 1 aliphatic rings. The number of carboxylic acids is 1. The molecule has 1 aromatic rings. The van der Waals surface area contributed by atoms with Gasteiger partial charge in [0.25, 0.3) is 0 Å². The van der Waals surface area contributed by atoms with Gasteiger partial charge in [-0.05, 0) is 57.5 Å². The molecule has 5 heteroatoms. The van der Waals surface area contributed by atoms with Crippen molar-refractivity contribution in [3.8, 4) is 0 Å². The van der Waals surface area contributed by atoms with Crippen molar-refractivity contribution >= 4 is 5.97 Å². The van der Waals surface area contributed by atoms with Crippen LogP contribution >= 0.6 is 0 Å². The van der Waals surface area contributed by atoms with Gasteiger partial charge in [0.1, 0.15) is 11.6 Å². The van der Waals surface area contributed by atoms with Crippen LogP contribution in [-0.4, -0.2) is 29.1 Å². The summed E-state index contributed by atoms with van der Waals surface area (Å²) in [5.41, 5.74) is 0.0515. The second-order valence-corrected chi connectivity index (χ2v) is 5.82. The number of carbonyl (C=O) groups is 1. The van der Waals surface area contributed by atoms with E-state index in [0.29, 0.717) is 31.5 Å². The Morgan fingerprint density at radius 1 is 1.20 bits per heavy atom. The molecule has 0 aromatic heterocycles. The van der Waals surface area contributed by atoms with Crippen LogP contribution in [0.3, 0.4) is 0 Å². The van der Waals surface area contributed by atoms with E-state index >= 15 is 0 Å². The Bertz CT molecular complexity index is 488. The number of likely N-dealkylation sites (tertiary alicyclic amines) is 1. The molecule has 110 valence electrons. The van der Waals surface area contributed by atoms with E-state index in [-0.39, 0.29) is 5.92 Å². The third kappa shape index (κ3) is 2.98. The third-order valence-electron chi connectivity index (χ3n) is 4.20. The van der Waals surface area contributed by atoms with Crippen molar-refractivity contribution in [1.29, 1.82) is 0 Å². The molecule has 1 saturated heterocycles. The van der Waals surface area contributed by atoms with Crippen LogP contribution in [0.4, 0.5) is 8.78 Å². The maximum atomic E-state index is 13.4. The first-order valence-electron chi connectivity index (χ1n) is 6.75. The minimum atomic E-state index is -0.765. The van der Waals surface area contributed by atoms with Crippen molar-refractivity contribution < 1.29 is 18.7 Å². The molecule has 0 radical (unpaired) electrons. The van der Waals surface area contributed by atoms with Gasteiger partial charge in [0, 0.05) is 11.6 Å². The van der Waals surface area contributed by atoms with Gasteiger partial charge in [0.05, 0.1) is 5.92 Å². The molecule has 1 heterocycles. The summed E-state index contributed by atoms with van der Waals surface area (Å²) < 4.78 is 26.7. The van der Waals surface area contributed by atoms with Crippen LogP contribution in [0.1, 0.15) is 32.3 Å². The van der Waals surface area contributed by atoms with Crippen LogP contribution < -0.4 is 0 Å². The van der Waals surface area contributed by atoms with Crippen molar-refractivity contribution in [3.63, 3.8) is 0 Å². The zero-order valence-electron chi connectivity index (χ0n) is 11.7. The summed E-state index contributed by atoms with van der Waals surface area (Å²) in [6.07, 6.45) is 1.13. The van der Waals surface area contributed by atoms with Crippen LogP contribution in [0.25, 0.3) is 0 Å². The Balaban J connectivity index is 2.16. The van der Waals surface area contributed by atoms with Crippen LogP contribution in [-0.2, 0) is 10.3 Å². The summed E-state index contributed by atoms with van der Waals surface area (Å²) in [6.45, 7) is 5.04. The number of nitrogens with zero attached hydrogens (tertiary/aromatic N) is 1. The lowest BCUT2D eigenvalue weighted by Gasteiger charge is -2.42. The Labute approximate surface area is 117 Å². The molecule has 0 amide bonds. The zero-order chi connectivity index (χ0) is 14.9. The topological polar surface area (TPSA) is 40.5 Å². The molecule has 2 rings (SSSR count). The zero-order valence-corrected chi connectivity index (χ0v) is 11.7. The lowest BCUT2D eigenvalue weighted by Crippen LogP contribution is -2.47. The van der Waals surface area contributed by atoms with Gasteiger partial charge in [0.15, 0.2) is 0 Å². The monoisotopic (exact) mass is 283 g/mol. The van der Waals surface area contributed by atoms with E-state index in [2.05, 4.69) is 4.90 Å². The third-order valence-corrected chi connectivity index (χ3v) is 4.20. The number of benzene rings is 1. The molecule has 0 aliphatic carbocycles. The number of aliphatic carboxylic acids is 1. The highest BCUT2D eigenvalue weighted by atomic mass is 19.1. The minimum absolute atomic E-state index is 0.314. The Kier molecular flexibility index (Phi) is 4.09. The Morgan fingerprint density at radius 2 is 1.70 bits per heavy atom. The smallest absolute Gasteiger partial charge is 0.306 e. The number of hydrogen-bond donors (Lipinski definition) is 1. The van der Waals surface area contributed by atoms with E-state index in [1.807, 2.05) is 13.8 Å². The normalized spacial score (nSPS) is 18.2. The second-order valence-electron chi connectivity index (χ2n) is 5.82. The summed E-state index contributed by atoms with van der Waals surface area (Å²) in [5.74, 6) is -2.26. The van der Waals surface area contributed by atoms with Gasteiger partial charge in [-0.3, -0.25) is 9.69 Å².